The van der Waals surface area contributed by atoms with Crippen molar-refractivity contribution in [2.75, 3.05) is 26.4 Å². The maximum Gasteiger partial charge on any atom is 0.303 e. The van der Waals surface area contributed by atoms with Crippen LogP contribution in [0.1, 0.15) is 131 Å². The molecule has 586 valence electrons. The zero-order chi connectivity index (χ0) is 75.7. The zero-order valence-corrected chi connectivity index (χ0v) is 63.8. The summed E-state index contributed by atoms with van der Waals surface area (Å²) in [4.78, 5) is 13.2. The van der Waals surface area contributed by atoms with Crippen LogP contribution in [-0.4, -0.2) is 195 Å². The maximum atomic E-state index is 13.2. The first-order valence-electron chi connectivity index (χ1n) is 37.9. The van der Waals surface area contributed by atoms with Crippen LogP contribution in [0.5, 0.6) is 0 Å². The van der Waals surface area contributed by atoms with Gasteiger partial charge in [0.1, 0.15) is 66.1 Å². The standard InChI is InChI=1S/C80H104O23.C3H7N/c1-12-80-45-89-77(70(80)99-74(103-80)57-36-26-17-27-37-57)95-60-46(2)39-88-75(67(60)87-43-56-34-24-16-25-35-56)98-69-51(7)91-73(97-66-65(64(92-52(8)82)58(38-81)93-71(66)83)96-76-68-62(47(3)50(6)90-76)100-78(9,10)101-68)49(5)79(69,11)102-72-48(4)61(85-41-54-30-20-14-21-31-54)63(86-42-55-32-22-15-23-33-55)59(94-72)44-84-40-53-28-18-13-19-29-53;1-3(2)4/h13-37,46-51,58-77,81,83H,12,38-45H2,1-11H3;4H,1-2H3/t46-,47+,48-,49-,50?,51?,58?,59?,60?,61?,62+,63-,64+,65?,66-,67-,68?,69+,70?,71+,72+,73+,74+,75+,76+,77+,79?,80+;/m1./s1. The van der Waals surface area contributed by atoms with Gasteiger partial charge in [-0.05, 0) is 77.1 Å². The predicted octanol–water partition coefficient (Wildman–Crippen LogP) is 11.2. The van der Waals surface area contributed by atoms with Crippen molar-refractivity contribution in [3.63, 3.8) is 0 Å². The molecule has 13 rings (SSSR count). The molecular formula is C83H111NO23. The smallest absolute Gasteiger partial charge is 0.303 e. The number of hydrogen-bond donors (Lipinski definition) is 3. The fourth-order valence-corrected chi connectivity index (χ4v) is 15.6. The van der Waals surface area contributed by atoms with E-state index in [2.05, 4.69) is 6.92 Å². The Labute approximate surface area is 629 Å². The number of esters is 1. The molecule has 5 aromatic carbocycles. The Morgan fingerprint density at radius 2 is 1.06 bits per heavy atom. The van der Waals surface area contributed by atoms with Crippen molar-refractivity contribution in [1.29, 1.82) is 5.41 Å². The van der Waals surface area contributed by atoms with Gasteiger partial charge in [-0.15, -0.1) is 0 Å². The van der Waals surface area contributed by atoms with Crippen LogP contribution in [0.3, 0.4) is 0 Å². The van der Waals surface area contributed by atoms with E-state index in [1.54, 1.807) is 13.8 Å². The highest BCUT2D eigenvalue weighted by molar-refractivity contribution is 5.75. The molecule has 8 saturated heterocycles. The number of hydrogen-bond acceptors (Lipinski definition) is 24. The van der Waals surface area contributed by atoms with Gasteiger partial charge in [-0.2, -0.15) is 0 Å². The Morgan fingerprint density at radius 3 is 1.64 bits per heavy atom. The van der Waals surface area contributed by atoms with Gasteiger partial charge in [0.15, 0.2) is 55.9 Å². The van der Waals surface area contributed by atoms with Crippen LogP contribution in [0, 0.1) is 29.1 Å². The van der Waals surface area contributed by atoms with Gasteiger partial charge in [0.2, 0.25) is 0 Å². The summed E-state index contributed by atoms with van der Waals surface area (Å²) in [5.74, 6) is -3.58. The van der Waals surface area contributed by atoms with Gasteiger partial charge in [-0.3, -0.25) is 4.79 Å². The van der Waals surface area contributed by atoms with Gasteiger partial charge in [-0.25, -0.2) is 0 Å². The minimum Gasteiger partial charge on any atom is -0.457 e. The second-order valence-electron chi connectivity index (χ2n) is 30.5. The van der Waals surface area contributed by atoms with Gasteiger partial charge in [0, 0.05) is 41.9 Å². The highest BCUT2D eigenvalue weighted by atomic mass is 16.8. The van der Waals surface area contributed by atoms with E-state index in [0.29, 0.717) is 12.1 Å². The number of aliphatic hydroxyl groups excluding tert-OH is 2. The normalized spacial score (nSPS) is 38.8. The molecule has 8 fully saturated rings. The molecule has 0 amide bonds. The number of rotatable bonds is 27. The van der Waals surface area contributed by atoms with E-state index in [1.807, 2.05) is 214 Å². The Balaban J connectivity index is 0.00000261. The fourth-order valence-electron chi connectivity index (χ4n) is 15.6. The molecule has 8 aliphatic heterocycles. The Kier molecular flexibility index (Phi) is 27.4. The molecule has 24 heteroatoms. The minimum atomic E-state index is -1.81. The lowest BCUT2D eigenvalue weighted by molar-refractivity contribution is -0.414. The third-order valence-corrected chi connectivity index (χ3v) is 21.7. The van der Waals surface area contributed by atoms with E-state index in [1.165, 1.54) is 6.92 Å². The molecule has 107 heavy (non-hydrogen) atoms. The number of carbonyl (C=O) groups is 1. The fraction of sp³-hybridized carbons (Fsp3) is 0.614. The van der Waals surface area contributed by atoms with E-state index in [-0.39, 0.29) is 58.1 Å². The monoisotopic (exact) mass is 1490 g/mol. The van der Waals surface area contributed by atoms with Crippen molar-refractivity contribution in [2.45, 2.75) is 275 Å². The first-order valence-corrected chi connectivity index (χ1v) is 37.9. The summed E-state index contributed by atoms with van der Waals surface area (Å²) in [6.45, 7) is 24.8. The summed E-state index contributed by atoms with van der Waals surface area (Å²) in [5.41, 5.74) is 2.99. The lowest BCUT2D eigenvalue weighted by Crippen LogP contribution is -2.69. The third kappa shape index (κ3) is 19.1. The zero-order valence-electron chi connectivity index (χ0n) is 63.8. The molecule has 0 aromatic heterocycles. The van der Waals surface area contributed by atoms with Crippen LogP contribution >= 0.6 is 0 Å². The van der Waals surface area contributed by atoms with Gasteiger partial charge in [-0.1, -0.05) is 186 Å². The van der Waals surface area contributed by atoms with Crippen molar-refractivity contribution in [2.24, 2.45) is 23.7 Å². The molecule has 24 nitrogen and oxygen atoms in total. The maximum absolute atomic E-state index is 13.2. The van der Waals surface area contributed by atoms with E-state index >= 15 is 0 Å². The third-order valence-electron chi connectivity index (χ3n) is 21.7. The number of ether oxygens (including phenoxy) is 20. The van der Waals surface area contributed by atoms with E-state index < -0.39 is 177 Å². The summed E-state index contributed by atoms with van der Waals surface area (Å²) in [6.07, 6.45) is -21.0. The quantitative estimate of drug-likeness (QED) is 0.0326. The number of benzene rings is 5. The number of nitrogens with one attached hydrogen (secondary N) is 1. The lowest BCUT2D eigenvalue weighted by atomic mass is 9.79. The van der Waals surface area contributed by atoms with E-state index in [9.17, 15) is 15.0 Å². The molecule has 0 saturated carbocycles. The first-order chi connectivity index (χ1) is 51.4. The molecule has 8 heterocycles. The molecule has 0 radical (unpaired) electrons. The Morgan fingerprint density at radius 1 is 0.523 bits per heavy atom. The molecule has 0 spiro atoms. The second kappa shape index (κ2) is 36.3. The van der Waals surface area contributed by atoms with Crippen molar-refractivity contribution < 1.29 is 110 Å². The highest BCUT2D eigenvalue weighted by Gasteiger charge is 2.64. The summed E-state index contributed by atoms with van der Waals surface area (Å²) in [6, 6.07) is 49.5. The van der Waals surface area contributed by atoms with Crippen molar-refractivity contribution in [3.05, 3.63) is 179 Å². The topological polar surface area (TPSA) is 266 Å². The van der Waals surface area contributed by atoms with Gasteiger partial charge in [0.05, 0.1) is 83.4 Å². The van der Waals surface area contributed by atoms with Gasteiger partial charge >= 0.3 is 5.97 Å². The summed E-state index contributed by atoms with van der Waals surface area (Å²) >= 11 is 0. The number of carbonyl (C=O) groups excluding carboxylic acids is 1. The second-order valence-corrected chi connectivity index (χ2v) is 30.5. The van der Waals surface area contributed by atoms with Crippen LogP contribution < -0.4 is 0 Å². The Hall–Kier alpha value is -5.60. The van der Waals surface area contributed by atoms with Crippen LogP contribution in [0.25, 0.3) is 0 Å². The van der Waals surface area contributed by atoms with Gasteiger partial charge < -0.3 is 110 Å². The summed E-state index contributed by atoms with van der Waals surface area (Å²) < 4.78 is 138. The number of fused-ring (bicyclic) bond motifs is 2. The Bertz CT molecular complexity index is 3550. The molecular weight excluding hydrogens is 1380 g/mol. The first kappa shape index (κ1) is 80.9. The average molecular weight is 1490 g/mol. The van der Waals surface area contributed by atoms with Gasteiger partial charge in [0.25, 0.3) is 0 Å². The highest BCUT2D eigenvalue weighted by Crippen LogP contribution is 2.50. The molecule has 0 bridgehead atoms. The van der Waals surface area contributed by atoms with Crippen molar-refractivity contribution in [3.8, 4) is 0 Å². The van der Waals surface area contributed by atoms with E-state index in [0.717, 1.165) is 27.8 Å². The van der Waals surface area contributed by atoms with Crippen molar-refractivity contribution in [1.82, 2.24) is 0 Å². The van der Waals surface area contributed by atoms with Crippen molar-refractivity contribution >= 4 is 11.7 Å². The molecule has 3 N–H and O–H groups in total. The molecule has 8 aliphatic rings. The summed E-state index contributed by atoms with van der Waals surface area (Å²) in [7, 11) is 0. The average Bonchev–Trinajstić information content (AvgIpc) is 1.35. The molecule has 5 aromatic rings. The SMILES string of the molecule is CC(C)=N.CC[C@]12CO[C@@H](OC3[C@H](C)CO[C@@H](O[C@H]4C(C)O[C@@H](O[C@@H]5C(O[C@@H]6OC(C)[C@H](C)[C@@H]7OC(C)(C)OC67)[C@@H](OC(C)=O)C(CO)O[C@@H]5O)[C@@H](C)C4(C)O[C@@H]4OC(COCc5ccccc5)[C@@H](OCc5ccccc5)C(OCc5ccccc5)[C@H]4C)[C@@H]3OCc3ccccc3)C1O[C@H](c1ccccc1)O2. The van der Waals surface area contributed by atoms with Crippen LogP contribution in [0.4, 0.5) is 0 Å². The molecule has 0 aliphatic carbocycles. The summed E-state index contributed by atoms with van der Waals surface area (Å²) in [5, 5.41) is 29.8. The molecule has 28 atom stereocenters. The largest absolute Gasteiger partial charge is 0.457 e. The van der Waals surface area contributed by atoms with Crippen LogP contribution in [0.15, 0.2) is 152 Å². The van der Waals surface area contributed by atoms with Crippen LogP contribution in [0.2, 0.25) is 0 Å². The lowest BCUT2D eigenvalue weighted by Gasteiger charge is -2.56. The van der Waals surface area contributed by atoms with Crippen LogP contribution in [-0.2, 0) is 126 Å². The number of aliphatic hydroxyl groups is 2. The van der Waals surface area contributed by atoms with E-state index in [4.69, 9.17) is 100 Å². The minimum absolute atomic E-state index is 0.0759. The molecule has 10 unspecified atom stereocenters. The predicted molar refractivity (Wildman–Crippen MR) is 388 cm³/mol.